The lowest BCUT2D eigenvalue weighted by Gasteiger charge is -2.19. The van der Waals surface area contributed by atoms with E-state index in [9.17, 15) is 18.0 Å². The van der Waals surface area contributed by atoms with Crippen molar-refractivity contribution in [3.05, 3.63) is 28.8 Å². The zero-order valence-electron chi connectivity index (χ0n) is 15.5. The summed E-state index contributed by atoms with van der Waals surface area (Å²) in [6.07, 6.45) is 0.597. The Balaban J connectivity index is 2.81. The number of esters is 1. The first-order valence-electron chi connectivity index (χ1n) is 8.57. The van der Waals surface area contributed by atoms with Gasteiger partial charge in [-0.15, -0.1) is 0 Å². The molecule has 7 nitrogen and oxygen atoms in total. The van der Waals surface area contributed by atoms with Gasteiger partial charge >= 0.3 is 5.97 Å². The summed E-state index contributed by atoms with van der Waals surface area (Å²) in [7, 11) is -3.79. The number of nitrogens with zero attached hydrogens (tertiary/aromatic N) is 1. The lowest BCUT2D eigenvalue weighted by molar-refractivity contribution is -0.142. The molecule has 0 aliphatic rings. The number of ether oxygens (including phenoxy) is 1. The van der Waals surface area contributed by atoms with Crippen molar-refractivity contribution in [2.45, 2.75) is 36.9 Å². The lowest BCUT2D eigenvalue weighted by Crippen LogP contribution is -2.32. The Morgan fingerprint density at radius 3 is 2.44 bits per heavy atom. The fourth-order valence-corrected chi connectivity index (χ4v) is 4.31. The minimum Gasteiger partial charge on any atom is -0.463 e. The van der Waals surface area contributed by atoms with Crippen LogP contribution in [-0.2, 0) is 19.6 Å². The molecule has 1 N–H and O–H groups in total. The van der Waals surface area contributed by atoms with Crippen molar-refractivity contribution in [1.29, 1.82) is 0 Å². The van der Waals surface area contributed by atoms with Gasteiger partial charge in [0.1, 0.15) is 16.3 Å². The molecule has 1 atom stereocenters. The van der Waals surface area contributed by atoms with E-state index in [1.165, 1.54) is 22.5 Å². The molecule has 1 rings (SSSR count). The Morgan fingerprint density at radius 1 is 1.26 bits per heavy atom. The summed E-state index contributed by atoms with van der Waals surface area (Å²) >= 11 is 9.23. The SMILES string of the molecule is CCC(Br)C(=O)OCCNC(=O)c1ccc(Cl)c(S(=O)(=O)N(CC)CC)c1. The molecule has 1 aromatic rings. The number of alkyl halides is 1. The smallest absolute Gasteiger partial charge is 0.319 e. The third-order valence-electron chi connectivity index (χ3n) is 3.76. The summed E-state index contributed by atoms with van der Waals surface area (Å²) in [4.78, 5) is 23.3. The topological polar surface area (TPSA) is 92.8 Å². The normalized spacial score (nSPS) is 12.7. The molecule has 0 saturated heterocycles. The highest BCUT2D eigenvalue weighted by atomic mass is 79.9. The van der Waals surface area contributed by atoms with Crippen molar-refractivity contribution in [3.8, 4) is 0 Å². The van der Waals surface area contributed by atoms with Crippen molar-refractivity contribution in [2.24, 2.45) is 0 Å². The summed E-state index contributed by atoms with van der Waals surface area (Å²) in [6.45, 7) is 6.00. The second-order valence-electron chi connectivity index (χ2n) is 5.53. The Labute approximate surface area is 173 Å². The van der Waals surface area contributed by atoms with E-state index in [0.717, 1.165) is 0 Å². The average Bonchev–Trinajstić information content (AvgIpc) is 2.64. The number of amides is 1. The summed E-state index contributed by atoms with van der Waals surface area (Å²) in [5, 5.41) is 2.63. The van der Waals surface area contributed by atoms with Crippen LogP contribution >= 0.6 is 27.5 Å². The number of nitrogens with one attached hydrogen (secondary N) is 1. The number of hydrogen-bond acceptors (Lipinski definition) is 5. The Hall–Kier alpha value is -1.16. The van der Waals surface area contributed by atoms with E-state index in [1.54, 1.807) is 13.8 Å². The van der Waals surface area contributed by atoms with Crippen molar-refractivity contribution in [1.82, 2.24) is 9.62 Å². The zero-order chi connectivity index (χ0) is 20.6. The Kier molecular flexibility index (Phi) is 9.72. The maximum Gasteiger partial charge on any atom is 0.319 e. The van der Waals surface area contributed by atoms with Crippen molar-refractivity contribution < 1.29 is 22.7 Å². The van der Waals surface area contributed by atoms with E-state index in [-0.39, 0.29) is 33.5 Å². The summed E-state index contributed by atoms with van der Waals surface area (Å²) in [5.74, 6) is -0.879. The fourth-order valence-electron chi connectivity index (χ4n) is 2.22. The number of sulfonamides is 1. The van der Waals surface area contributed by atoms with Gasteiger partial charge in [0.15, 0.2) is 0 Å². The molecule has 0 heterocycles. The highest BCUT2D eigenvalue weighted by molar-refractivity contribution is 9.10. The third kappa shape index (κ3) is 6.44. The molecular weight excluding hydrogens is 460 g/mol. The molecule has 0 aromatic heterocycles. The number of carbonyl (C=O) groups is 2. The van der Waals surface area contributed by atoms with Crippen LogP contribution in [0.4, 0.5) is 0 Å². The average molecular weight is 484 g/mol. The molecule has 1 unspecified atom stereocenters. The largest absolute Gasteiger partial charge is 0.463 e. The van der Waals surface area contributed by atoms with Gasteiger partial charge in [0.2, 0.25) is 10.0 Å². The monoisotopic (exact) mass is 482 g/mol. The van der Waals surface area contributed by atoms with Gasteiger partial charge in [0.25, 0.3) is 5.91 Å². The number of carbonyl (C=O) groups excluding carboxylic acids is 2. The summed E-state index contributed by atoms with van der Waals surface area (Å²) < 4.78 is 31.6. The van der Waals surface area contributed by atoms with Crippen LogP contribution in [0.25, 0.3) is 0 Å². The molecule has 27 heavy (non-hydrogen) atoms. The van der Waals surface area contributed by atoms with E-state index < -0.39 is 21.9 Å². The minimum atomic E-state index is -3.79. The molecule has 1 amide bonds. The van der Waals surface area contributed by atoms with Crippen LogP contribution in [0.2, 0.25) is 5.02 Å². The molecule has 10 heteroatoms. The van der Waals surface area contributed by atoms with Crippen molar-refractivity contribution in [3.63, 3.8) is 0 Å². The van der Waals surface area contributed by atoms with Gasteiger partial charge in [-0.25, -0.2) is 8.42 Å². The molecule has 0 radical (unpaired) electrons. The van der Waals surface area contributed by atoms with Gasteiger partial charge in [-0.1, -0.05) is 48.3 Å². The van der Waals surface area contributed by atoms with Crippen LogP contribution in [-0.4, -0.2) is 55.7 Å². The van der Waals surface area contributed by atoms with Gasteiger partial charge in [0, 0.05) is 18.7 Å². The molecule has 0 fully saturated rings. The fraction of sp³-hybridized carbons (Fsp3) is 0.529. The van der Waals surface area contributed by atoms with E-state index in [1.807, 2.05) is 6.92 Å². The maximum absolute atomic E-state index is 12.7. The van der Waals surface area contributed by atoms with E-state index in [0.29, 0.717) is 19.5 Å². The number of benzene rings is 1. The first-order valence-corrected chi connectivity index (χ1v) is 11.3. The molecule has 0 aliphatic heterocycles. The molecule has 152 valence electrons. The quantitative estimate of drug-likeness (QED) is 0.314. The minimum absolute atomic E-state index is 0.0187. The maximum atomic E-state index is 12.7. The van der Waals surface area contributed by atoms with Crippen molar-refractivity contribution >= 4 is 49.4 Å². The van der Waals surface area contributed by atoms with Crippen LogP contribution < -0.4 is 5.32 Å². The highest BCUT2D eigenvalue weighted by Crippen LogP contribution is 2.25. The standard InChI is InChI=1S/C17H24BrClN2O5S/c1-4-13(18)17(23)26-10-9-20-16(22)12-7-8-14(19)15(11-12)27(24,25)21(5-2)6-3/h7-8,11,13H,4-6,9-10H2,1-3H3,(H,20,22). The summed E-state index contributed by atoms with van der Waals surface area (Å²) in [5.41, 5.74) is 0.156. The molecule has 0 bridgehead atoms. The van der Waals surface area contributed by atoms with E-state index in [2.05, 4.69) is 21.2 Å². The predicted octanol–water partition coefficient (Wildman–Crippen LogP) is 2.82. The second-order valence-corrected chi connectivity index (χ2v) is 8.95. The first kappa shape index (κ1) is 23.9. The number of halogens is 2. The van der Waals surface area contributed by atoms with Gasteiger partial charge < -0.3 is 10.1 Å². The van der Waals surface area contributed by atoms with Crippen LogP contribution in [0.5, 0.6) is 0 Å². The van der Waals surface area contributed by atoms with Gasteiger partial charge in [-0.3, -0.25) is 9.59 Å². The predicted molar refractivity (Wildman–Crippen MR) is 108 cm³/mol. The Bertz CT molecular complexity index is 769. The van der Waals surface area contributed by atoms with Crippen molar-refractivity contribution in [2.75, 3.05) is 26.2 Å². The second kappa shape index (κ2) is 11.0. The van der Waals surface area contributed by atoms with Gasteiger partial charge in [-0.2, -0.15) is 4.31 Å². The number of rotatable bonds is 10. The Morgan fingerprint density at radius 2 is 1.89 bits per heavy atom. The van der Waals surface area contributed by atoms with Gasteiger partial charge in [0.05, 0.1) is 11.6 Å². The summed E-state index contributed by atoms with van der Waals surface area (Å²) in [6, 6.07) is 4.07. The van der Waals surface area contributed by atoms with E-state index >= 15 is 0 Å². The first-order chi connectivity index (χ1) is 12.7. The lowest BCUT2D eigenvalue weighted by atomic mass is 10.2. The molecule has 0 saturated carbocycles. The van der Waals surface area contributed by atoms with Crippen LogP contribution in [0.15, 0.2) is 23.1 Å². The zero-order valence-corrected chi connectivity index (χ0v) is 18.7. The molecule has 0 spiro atoms. The molecule has 0 aliphatic carbocycles. The van der Waals surface area contributed by atoms with Gasteiger partial charge in [-0.05, 0) is 24.6 Å². The molecular formula is C17H24BrClN2O5S. The van der Waals surface area contributed by atoms with Crippen LogP contribution in [0.3, 0.4) is 0 Å². The van der Waals surface area contributed by atoms with E-state index in [4.69, 9.17) is 16.3 Å². The molecule has 1 aromatic carbocycles. The highest BCUT2D eigenvalue weighted by Gasteiger charge is 2.25. The van der Waals surface area contributed by atoms with Crippen LogP contribution in [0, 0.1) is 0 Å². The van der Waals surface area contributed by atoms with Crippen LogP contribution in [0.1, 0.15) is 37.6 Å². The number of hydrogen-bond donors (Lipinski definition) is 1. The third-order valence-corrected chi connectivity index (χ3v) is 7.32.